The van der Waals surface area contributed by atoms with E-state index in [1.54, 1.807) is 17.0 Å². The molecule has 0 saturated heterocycles. The lowest BCUT2D eigenvalue weighted by Gasteiger charge is -2.34. The van der Waals surface area contributed by atoms with Gasteiger partial charge in [-0.3, -0.25) is 14.5 Å². The van der Waals surface area contributed by atoms with Crippen molar-refractivity contribution in [3.63, 3.8) is 0 Å². The molecule has 0 aromatic heterocycles. The lowest BCUT2D eigenvalue weighted by atomic mass is 9.88. The second kappa shape index (κ2) is 14.0. The van der Waals surface area contributed by atoms with Crippen molar-refractivity contribution >= 4 is 23.5 Å². The van der Waals surface area contributed by atoms with E-state index < -0.39 is 5.97 Å². The highest BCUT2D eigenvalue weighted by molar-refractivity contribution is 5.93. The number of ether oxygens (including phenoxy) is 1. The van der Waals surface area contributed by atoms with Crippen molar-refractivity contribution < 1.29 is 29.3 Å². The molecule has 4 rings (SSSR count). The third-order valence-electron chi connectivity index (χ3n) is 8.30. The van der Waals surface area contributed by atoms with Crippen LogP contribution in [-0.4, -0.2) is 76.7 Å². The maximum atomic E-state index is 13.5. The standard InChI is InChI=1S/C32H43N3O6/c1-21-17-35(22(2)20-36)30(37)16-26-15-27(33-31(38)24-7-5-4-6-8-24)13-14-28(26)41-29(21)19-34(3)18-23-9-11-25(12-10-23)32(39)40/h9-15,21-22,24,29,36H,4-8,16-20H2,1-3H3,(H,33,38)(H,39,40)/t21-,22-,29+/m1/s1. The molecular formula is C32H43N3O6. The Hall–Kier alpha value is -3.43. The maximum Gasteiger partial charge on any atom is 0.335 e. The zero-order chi connectivity index (χ0) is 29.5. The number of likely N-dealkylation sites (N-methyl/N-ethyl adjacent to an activating group) is 1. The van der Waals surface area contributed by atoms with Crippen LogP contribution in [0.1, 0.15) is 67.4 Å². The maximum absolute atomic E-state index is 13.5. The zero-order valence-electron chi connectivity index (χ0n) is 24.3. The quantitative estimate of drug-likeness (QED) is 0.417. The first-order valence-electron chi connectivity index (χ1n) is 14.7. The van der Waals surface area contributed by atoms with Gasteiger partial charge in [0.2, 0.25) is 11.8 Å². The van der Waals surface area contributed by atoms with Gasteiger partial charge >= 0.3 is 5.97 Å². The first-order valence-corrected chi connectivity index (χ1v) is 14.7. The van der Waals surface area contributed by atoms with Gasteiger partial charge in [-0.05, 0) is 62.7 Å². The summed E-state index contributed by atoms with van der Waals surface area (Å²) in [5.41, 5.74) is 2.59. The molecular weight excluding hydrogens is 522 g/mol. The van der Waals surface area contributed by atoms with Crippen molar-refractivity contribution in [2.24, 2.45) is 11.8 Å². The number of carboxylic acids is 1. The number of hydrogen-bond donors (Lipinski definition) is 3. The molecule has 41 heavy (non-hydrogen) atoms. The van der Waals surface area contributed by atoms with Gasteiger partial charge in [0.15, 0.2) is 0 Å². The average molecular weight is 566 g/mol. The number of aliphatic hydroxyl groups excluding tert-OH is 1. The monoisotopic (exact) mass is 565 g/mol. The molecule has 2 amide bonds. The van der Waals surface area contributed by atoms with Gasteiger partial charge in [-0.2, -0.15) is 0 Å². The Bertz CT molecular complexity index is 1210. The number of carbonyl (C=O) groups is 3. The van der Waals surface area contributed by atoms with Crippen molar-refractivity contribution in [2.45, 2.75) is 71.1 Å². The van der Waals surface area contributed by atoms with Crippen LogP contribution in [0, 0.1) is 11.8 Å². The summed E-state index contributed by atoms with van der Waals surface area (Å²) in [6.07, 6.45) is 4.98. The molecule has 0 bridgehead atoms. The minimum atomic E-state index is -0.954. The Kier molecular flexibility index (Phi) is 10.4. The number of nitrogens with zero attached hydrogens (tertiary/aromatic N) is 2. The molecule has 222 valence electrons. The van der Waals surface area contributed by atoms with Gasteiger partial charge < -0.3 is 25.2 Å². The van der Waals surface area contributed by atoms with Gasteiger partial charge in [0.25, 0.3) is 0 Å². The highest BCUT2D eigenvalue weighted by Crippen LogP contribution is 2.31. The first-order chi connectivity index (χ1) is 19.6. The number of anilines is 1. The van der Waals surface area contributed by atoms with E-state index in [2.05, 4.69) is 10.2 Å². The van der Waals surface area contributed by atoms with E-state index >= 15 is 0 Å². The predicted molar refractivity (Wildman–Crippen MR) is 157 cm³/mol. The van der Waals surface area contributed by atoms with Crippen LogP contribution in [0.2, 0.25) is 0 Å². The van der Waals surface area contributed by atoms with Crippen molar-refractivity contribution in [2.75, 3.05) is 32.1 Å². The second-order valence-corrected chi connectivity index (χ2v) is 11.7. The summed E-state index contributed by atoms with van der Waals surface area (Å²) in [7, 11) is 1.98. The molecule has 1 saturated carbocycles. The molecule has 3 N–H and O–H groups in total. The molecule has 1 heterocycles. The molecule has 0 spiro atoms. The lowest BCUT2D eigenvalue weighted by molar-refractivity contribution is -0.134. The van der Waals surface area contributed by atoms with Gasteiger partial charge in [-0.15, -0.1) is 0 Å². The van der Waals surface area contributed by atoms with Gasteiger partial charge in [0.1, 0.15) is 11.9 Å². The second-order valence-electron chi connectivity index (χ2n) is 11.7. The van der Waals surface area contributed by atoms with Crippen LogP contribution in [0.3, 0.4) is 0 Å². The van der Waals surface area contributed by atoms with Gasteiger partial charge in [0.05, 0.1) is 24.6 Å². The number of fused-ring (bicyclic) bond motifs is 1. The fraction of sp³-hybridized carbons (Fsp3) is 0.531. The summed E-state index contributed by atoms with van der Waals surface area (Å²) >= 11 is 0. The summed E-state index contributed by atoms with van der Waals surface area (Å²) < 4.78 is 6.60. The molecule has 3 atom stereocenters. The normalized spacial score (nSPS) is 20.8. The number of nitrogens with one attached hydrogen (secondary N) is 1. The largest absolute Gasteiger partial charge is 0.488 e. The van der Waals surface area contributed by atoms with Crippen LogP contribution in [0.15, 0.2) is 42.5 Å². The fourth-order valence-electron chi connectivity index (χ4n) is 5.77. The number of aliphatic hydroxyl groups is 1. The lowest BCUT2D eigenvalue weighted by Crippen LogP contribution is -2.47. The Balaban J connectivity index is 1.55. The third-order valence-corrected chi connectivity index (χ3v) is 8.30. The Morgan fingerprint density at radius 1 is 1.12 bits per heavy atom. The predicted octanol–water partition coefficient (Wildman–Crippen LogP) is 4.18. The van der Waals surface area contributed by atoms with Gasteiger partial charge in [-0.1, -0.05) is 38.3 Å². The summed E-state index contributed by atoms with van der Waals surface area (Å²) in [4.78, 5) is 41.4. The number of amides is 2. The van der Waals surface area contributed by atoms with Gasteiger partial charge in [0, 0.05) is 42.7 Å². The summed E-state index contributed by atoms with van der Waals surface area (Å²) in [5.74, 6) is -0.422. The number of hydrogen-bond acceptors (Lipinski definition) is 6. The highest BCUT2D eigenvalue weighted by Gasteiger charge is 2.31. The fourth-order valence-corrected chi connectivity index (χ4v) is 5.77. The molecule has 9 nitrogen and oxygen atoms in total. The molecule has 1 aliphatic heterocycles. The smallest absolute Gasteiger partial charge is 0.335 e. The van der Waals surface area contributed by atoms with Crippen LogP contribution in [0.25, 0.3) is 0 Å². The van der Waals surface area contributed by atoms with Gasteiger partial charge in [-0.25, -0.2) is 4.79 Å². The molecule has 0 radical (unpaired) electrons. The molecule has 1 aliphatic carbocycles. The van der Waals surface area contributed by atoms with E-state index in [-0.39, 0.29) is 54.4 Å². The molecule has 2 aliphatic rings. The Morgan fingerprint density at radius 3 is 2.49 bits per heavy atom. The molecule has 9 heteroatoms. The number of carbonyl (C=O) groups excluding carboxylic acids is 2. The number of aromatic carboxylic acids is 1. The molecule has 1 fully saturated rings. The average Bonchev–Trinajstić information content (AvgIpc) is 3.00. The van der Waals surface area contributed by atoms with E-state index in [0.29, 0.717) is 36.6 Å². The number of benzene rings is 2. The zero-order valence-corrected chi connectivity index (χ0v) is 24.3. The Labute approximate surface area is 242 Å². The Morgan fingerprint density at radius 2 is 1.83 bits per heavy atom. The summed E-state index contributed by atoms with van der Waals surface area (Å²) in [6, 6.07) is 12.0. The van der Waals surface area contributed by atoms with Crippen LogP contribution < -0.4 is 10.1 Å². The van der Waals surface area contributed by atoms with Crippen molar-refractivity contribution in [3.8, 4) is 5.75 Å². The topological polar surface area (TPSA) is 119 Å². The minimum Gasteiger partial charge on any atom is -0.488 e. The minimum absolute atomic E-state index is 0.0221. The molecule has 2 aromatic carbocycles. The van der Waals surface area contributed by atoms with Crippen LogP contribution in [0.4, 0.5) is 5.69 Å². The van der Waals surface area contributed by atoms with E-state index in [1.807, 2.05) is 51.2 Å². The SMILES string of the molecule is C[C@@H]1CN([C@H](C)CO)C(=O)Cc2cc(NC(=O)C3CCCCC3)ccc2O[C@H]1CN(C)Cc1ccc(C(=O)O)cc1. The van der Waals surface area contributed by atoms with E-state index in [0.717, 1.165) is 31.2 Å². The summed E-state index contributed by atoms with van der Waals surface area (Å²) in [5, 5.41) is 22.1. The van der Waals surface area contributed by atoms with E-state index in [1.165, 1.54) is 6.42 Å². The third kappa shape index (κ3) is 8.07. The number of rotatable bonds is 9. The van der Waals surface area contributed by atoms with E-state index in [4.69, 9.17) is 4.74 Å². The van der Waals surface area contributed by atoms with Crippen molar-refractivity contribution in [1.82, 2.24) is 9.80 Å². The first kappa shape index (κ1) is 30.5. The molecule has 0 unspecified atom stereocenters. The van der Waals surface area contributed by atoms with Crippen molar-refractivity contribution in [1.29, 1.82) is 0 Å². The molecule has 2 aromatic rings. The highest BCUT2D eigenvalue weighted by atomic mass is 16.5. The van der Waals surface area contributed by atoms with Crippen LogP contribution in [0.5, 0.6) is 5.75 Å². The van der Waals surface area contributed by atoms with Crippen LogP contribution in [-0.2, 0) is 22.6 Å². The van der Waals surface area contributed by atoms with E-state index in [9.17, 15) is 24.6 Å². The van der Waals surface area contributed by atoms with Crippen molar-refractivity contribution in [3.05, 3.63) is 59.2 Å². The van der Waals surface area contributed by atoms with Crippen LogP contribution >= 0.6 is 0 Å². The summed E-state index contributed by atoms with van der Waals surface area (Å²) in [6.45, 7) is 5.35. The number of carboxylic acid groups (broad SMARTS) is 1.